The lowest BCUT2D eigenvalue weighted by Gasteiger charge is -2.15. The van der Waals surface area contributed by atoms with Crippen molar-refractivity contribution in [2.24, 2.45) is 0 Å². The Balaban J connectivity index is 1.83. The van der Waals surface area contributed by atoms with Crippen LogP contribution in [0.15, 0.2) is 47.4 Å². The number of ether oxygens (including phenoxy) is 1. The fourth-order valence-electron chi connectivity index (χ4n) is 2.60. The van der Waals surface area contributed by atoms with Gasteiger partial charge in [-0.15, -0.1) is 5.10 Å². The van der Waals surface area contributed by atoms with Crippen LogP contribution in [0.25, 0.3) is 0 Å². The Morgan fingerprint density at radius 3 is 2.45 bits per heavy atom. The summed E-state index contributed by atoms with van der Waals surface area (Å²) >= 11 is 11.8. The molecule has 154 valence electrons. The molecule has 0 radical (unpaired) electrons. The molecule has 1 N–H and O–H groups in total. The minimum absolute atomic E-state index is 0.0240. The summed E-state index contributed by atoms with van der Waals surface area (Å²) in [5.74, 6) is 0.345. The number of benzene rings is 2. The van der Waals surface area contributed by atoms with E-state index in [4.69, 9.17) is 27.9 Å². The Kier molecular flexibility index (Phi) is 6.42. The maximum absolute atomic E-state index is 13.1. The number of rotatable bonds is 7. The lowest BCUT2D eigenvalue weighted by Crippen LogP contribution is -2.29. The van der Waals surface area contributed by atoms with Crippen LogP contribution < -0.4 is 9.46 Å². The highest BCUT2D eigenvalue weighted by atomic mass is 35.5. The summed E-state index contributed by atoms with van der Waals surface area (Å²) in [5, 5.41) is 8.42. The van der Waals surface area contributed by atoms with Crippen LogP contribution in [0.5, 0.6) is 11.8 Å². The highest BCUT2D eigenvalue weighted by Crippen LogP contribution is 2.27. The second-order valence-electron chi connectivity index (χ2n) is 6.06. The van der Waals surface area contributed by atoms with E-state index >= 15 is 0 Å². The Morgan fingerprint density at radius 1 is 1.14 bits per heavy atom. The number of nitrogens with zero attached hydrogens (tertiary/aromatic N) is 3. The van der Waals surface area contributed by atoms with Gasteiger partial charge < -0.3 is 4.74 Å². The molecule has 0 amide bonds. The van der Waals surface area contributed by atoms with Gasteiger partial charge in [0, 0.05) is 6.54 Å². The summed E-state index contributed by atoms with van der Waals surface area (Å²) in [6.07, 6.45) is 0. The molecule has 0 saturated heterocycles. The zero-order valence-corrected chi connectivity index (χ0v) is 17.8. The first-order chi connectivity index (χ1) is 13.7. The first-order valence-corrected chi connectivity index (χ1v) is 10.8. The predicted molar refractivity (Wildman–Crippen MR) is 107 cm³/mol. The topological polar surface area (TPSA) is 86.1 Å². The summed E-state index contributed by atoms with van der Waals surface area (Å²) in [4.78, 5) is -0.0240. The third kappa shape index (κ3) is 4.87. The van der Waals surface area contributed by atoms with E-state index in [1.165, 1.54) is 42.5 Å². The van der Waals surface area contributed by atoms with Crippen LogP contribution in [0.4, 0.5) is 4.39 Å². The van der Waals surface area contributed by atoms with Gasteiger partial charge in [-0.25, -0.2) is 17.5 Å². The molecular formula is C18H17Cl2FN4O3S. The molecule has 7 nitrogen and oxygen atoms in total. The summed E-state index contributed by atoms with van der Waals surface area (Å²) in [6.45, 7) is 3.90. The Bertz CT molecular complexity index is 1120. The quantitative estimate of drug-likeness (QED) is 0.559. The fourth-order valence-corrected chi connectivity index (χ4v) is 4.19. The smallest absolute Gasteiger partial charge is 0.322 e. The molecule has 11 heteroatoms. The molecule has 1 unspecified atom stereocenters. The normalized spacial score (nSPS) is 12.7. The molecule has 0 bridgehead atoms. The van der Waals surface area contributed by atoms with Crippen molar-refractivity contribution in [3.05, 3.63) is 64.2 Å². The van der Waals surface area contributed by atoms with E-state index in [1.807, 2.05) is 6.92 Å². The van der Waals surface area contributed by atoms with Crippen molar-refractivity contribution in [3.8, 4) is 11.8 Å². The van der Waals surface area contributed by atoms with Gasteiger partial charge in [-0.05, 0) is 56.3 Å². The summed E-state index contributed by atoms with van der Waals surface area (Å²) in [7, 11) is -3.88. The van der Waals surface area contributed by atoms with E-state index in [0.29, 0.717) is 18.1 Å². The number of halogens is 3. The van der Waals surface area contributed by atoms with Crippen LogP contribution in [0.2, 0.25) is 10.0 Å². The molecule has 1 aromatic heterocycles. The highest BCUT2D eigenvalue weighted by molar-refractivity contribution is 7.89. The van der Waals surface area contributed by atoms with Crippen LogP contribution >= 0.6 is 23.2 Å². The molecular weight excluding hydrogens is 442 g/mol. The van der Waals surface area contributed by atoms with Crippen LogP contribution in [-0.2, 0) is 16.6 Å². The SMILES string of the molecule is CCn1c(Oc2ccc(F)cc2)nnc1C(C)NS(=O)(=O)c1ccc(Cl)c(Cl)c1. The molecule has 0 spiro atoms. The van der Waals surface area contributed by atoms with Gasteiger partial charge in [-0.2, -0.15) is 0 Å². The monoisotopic (exact) mass is 458 g/mol. The van der Waals surface area contributed by atoms with Crippen molar-refractivity contribution >= 4 is 33.2 Å². The van der Waals surface area contributed by atoms with Gasteiger partial charge in [0.2, 0.25) is 10.0 Å². The number of aromatic nitrogens is 3. The zero-order chi connectivity index (χ0) is 21.2. The van der Waals surface area contributed by atoms with Crippen molar-refractivity contribution in [2.45, 2.75) is 31.3 Å². The van der Waals surface area contributed by atoms with E-state index in [0.717, 1.165) is 0 Å². The van der Waals surface area contributed by atoms with Crippen molar-refractivity contribution in [1.29, 1.82) is 0 Å². The molecule has 2 aromatic carbocycles. The van der Waals surface area contributed by atoms with Crippen LogP contribution in [-0.4, -0.2) is 23.2 Å². The zero-order valence-electron chi connectivity index (χ0n) is 15.4. The predicted octanol–water partition coefficient (Wildman–Crippen LogP) is 4.58. The second-order valence-corrected chi connectivity index (χ2v) is 8.59. The molecule has 0 aliphatic carbocycles. The van der Waals surface area contributed by atoms with Gasteiger partial charge in [-0.1, -0.05) is 28.3 Å². The second kappa shape index (κ2) is 8.66. The highest BCUT2D eigenvalue weighted by Gasteiger charge is 2.24. The van der Waals surface area contributed by atoms with E-state index < -0.39 is 16.1 Å². The van der Waals surface area contributed by atoms with Gasteiger partial charge in [-0.3, -0.25) is 4.57 Å². The number of hydrogen-bond acceptors (Lipinski definition) is 5. The molecule has 0 aliphatic heterocycles. The number of hydrogen-bond donors (Lipinski definition) is 1. The van der Waals surface area contributed by atoms with Gasteiger partial charge in [0.1, 0.15) is 11.6 Å². The van der Waals surface area contributed by atoms with Gasteiger partial charge in [0.25, 0.3) is 0 Å². The van der Waals surface area contributed by atoms with Crippen LogP contribution in [0.1, 0.15) is 25.7 Å². The molecule has 0 aliphatic rings. The Hall–Kier alpha value is -2.20. The maximum Gasteiger partial charge on any atom is 0.322 e. The third-order valence-corrected chi connectivity index (χ3v) is 6.28. The van der Waals surface area contributed by atoms with E-state index in [9.17, 15) is 12.8 Å². The van der Waals surface area contributed by atoms with Crippen molar-refractivity contribution < 1.29 is 17.5 Å². The van der Waals surface area contributed by atoms with Gasteiger partial charge in [0.05, 0.1) is 21.0 Å². The van der Waals surface area contributed by atoms with E-state index in [1.54, 1.807) is 11.5 Å². The summed E-state index contributed by atoms with van der Waals surface area (Å²) in [6, 6.07) is 8.92. The molecule has 1 heterocycles. The molecule has 29 heavy (non-hydrogen) atoms. The van der Waals surface area contributed by atoms with Crippen molar-refractivity contribution in [1.82, 2.24) is 19.5 Å². The van der Waals surface area contributed by atoms with Crippen molar-refractivity contribution in [3.63, 3.8) is 0 Å². The van der Waals surface area contributed by atoms with Crippen molar-refractivity contribution in [2.75, 3.05) is 0 Å². The molecule has 3 rings (SSSR count). The van der Waals surface area contributed by atoms with E-state index in [2.05, 4.69) is 14.9 Å². The minimum Gasteiger partial charge on any atom is -0.424 e. The lowest BCUT2D eigenvalue weighted by molar-refractivity contribution is 0.407. The first-order valence-electron chi connectivity index (χ1n) is 8.55. The molecule has 1 atom stereocenters. The number of nitrogens with one attached hydrogen (secondary N) is 1. The van der Waals surface area contributed by atoms with Crippen LogP contribution in [0.3, 0.4) is 0 Å². The minimum atomic E-state index is -3.88. The molecule has 0 saturated carbocycles. The molecule has 3 aromatic rings. The number of sulfonamides is 1. The van der Waals surface area contributed by atoms with Gasteiger partial charge >= 0.3 is 6.01 Å². The summed E-state index contributed by atoms with van der Waals surface area (Å²) in [5.41, 5.74) is 0. The largest absolute Gasteiger partial charge is 0.424 e. The Labute approximate surface area is 177 Å². The average Bonchev–Trinajstić information content (AvgIpc) is 3.08. The fraction of sp³-hybridized carbons (Fsp3) is 0.222. The summed E-state index contributed by atoms with van der Waals surface area (Å²) < 4.78 is 48.2. The average molecular weight is 459 g/mol. The standard InChI is InChI=1S/C18H17Cl2FN4O3S/c1-3-25-17(22-23-18(25)28-13-6-4-12(21)5-7-13)11(2)24-29(26,27)14-8-9-15(19)16(20)10-14/h4-11,24H,3H2,1-2H3. The lowest BCUT2D eigenvalue weighted by atomic mass is 10.3. The van der Waals surface area contributed by atoms with Gasteiger partial charge in [0.15, 0.2) is 5.82 Å². The maximum atomic E-state index is 13.1. The van der Waals surface area contributed by atoms with Crippen LogP contribution in [0, 0.1) is 5.82 Å². The first kappa shape index (κ1) is 21.5. The Morgan fingerprint density at radius 2 is 1.83 bits per heavy atom. The van der Waals surface area contributed by atoms with E-state index in [-0.39, 0.29) is 26.8 Å². The molecule has 0 fully saturated rings. The third-order valence-electron chi connectivity index (χ3n) is 4.01.